The molecule has 7 nitrogen and oxygen atoms in total. The molecule has 0 heterocycles. The highest BCUT2D eigenvalue weighted by Crippen LogP contribution is 2.12. The Labute approximate surface area is 123 Å². The van der Waals surface area contributed by atoms with Gasteiger partial charge in [-0.3, -0.25) is 9.59 Å². The van der Waals surface area contributed by atoms with Gasteiger partial charge in [-0.25, -0.2) is 0 Å². The normalized spacial score (nSPS) is 9.24. The largest absolute Gasteiger partial charge is 0.465 e. The van der Waals surface area contributed by atoms with Gasteiger partial charge in [0.15, 0.2) is 5.92 Å². The van der Waals surface area contributed by atoms with Gasteiger partial charge in [0.1, 0.15) is 0 Å². The van der Waals surface area contributed by atoms with Crippen LogP contribution in [0.15, 0.2) is 0 Å². The molecule has 0 aromatic rings. The summed E-state index contributed by atoms with van der Waals surface area (Å²) in [5.41, 5.74) is 0. The standard InChI is InChI=1S/C14H17N3O4/c15-7-1-3-10-20-13(18)12(6-5-9-17)14(19)21-11-4-2-8-16/h12H,1-6,10-11H2. The second-order valence-electron chi connectivity index (χ2n) is 4.11. The fourth-order valence-electron chi connectivity index (χ4n) is 1.39. The summed E-state index contributed by atoms with van der Waals surface area (Å²) in [5, 5.41) is 25.3. The van der Waals surface area contributed by atoms with Crippen LogP contribution in [0.2, 0.25) is 0 Å². The Morgan fingerprint density at radius 1 is 0.810 bits per heavy atom. The quantitative estimate of drug-likeness (QED) is 0.340. The van der Waals surface area contributed by atoms with E-state index in [9.17, 15) is 9.59 Å². The maximum absolute atomic E-state index is 11.8. The van der Waals surface area contributed by atoms with Gasteiger partial charge in [0, 0.05) is 19.3 Å². The van der Waals surface area contributed by atoms with Gasteiger partial charge in [-0.15, -0.1) is 0 Å². The van der Waals surface area contributed by atoms with Crippen LogP contribution in [0, 0.1) is 39.9 Å². The molecule has 0 rings (SSSR count). The van der Waals surface area contributed by atoms with E-state index in [0.717, 1.165) is 0 Å². The summed E-state index contributed by atoms with van der Waals surface area (Å²) in [5.74, 6) is -2.62. The molecule has 0 aliphatic carbocycles. The number of hydrogen-bond donors (Lipinski definition) is 0. The number of nitriles is 3. The van der Waals surface area contributed by atoms with Crippen molar-refractivity contribution in [1.29, 1.82) is 15.8 Å². The summed E-state index contributed by atoms with van der Waals surface area (Å²) in [4.78, 5) is 23.5. The molecule has 112 valence electrons. The number of ether oxygens (including phenoxy) is 2. The number of unbranched alkanes of at least 4 members (excludes halogenated alkanes) is 2. The van der Waals surface area contributed by atoms with E-state index < -0.39 is 17.9 Å². The maximum Gasteiger partial charge on any atom is 0.320 e. The van der Waals surface area contributed by atoms with E-state index in [1.807, 2.05) is 18.2 Å². The van der Waals surface area contributed by atoms with Gasteiger partial charge in [0.2, 0.25) is 0 Å². The number of carbonyl (C=O) groups excluding carboxylic acids is 2. The van der Waals surface area contributed by atoms with Crippen molar-refractivity contribution in [2.45, 2.75) is 38.5 Å². The van der Waals surface area contributed by atoms with Crippen molar-refractivity contribution in [2.24, 2.45) is 5.92 Å². The topological polar surface area (TPSA) is 124 Å². The zero-order valence-electron chi connectivity index (χ0n) is 11.7. The molecule has 21 heavy (non-hydrogen) atoms. The molecule has 0 saturated heterocycles. The summed E-state index contributed by atoms with van der Waals surface area (Å²) < 4.78 is 9.80. The highest BCUT2D eigenvalue weighted by molar-refractivity contribution is 5.94. The van der Waals surface area contributed by atoms with Gasteiger partial charge >= 0.3 is 11.9 Å². The van der Waals surface area contributed by atoms with Gasteiger partial charge in [-0.05, 0) is 19.3 Å². The molecule has 0 aromatic heterocycles. The third kappa shape index (κ3) is 9.02. The molecule has 0 atom stereocenters. The van der Waals surface area contributed by atoms with E-state index in [2.05, 4.69) is 0 Å². The first-order valence-electron chi connectivity index (χ1n) is 6.61. The maximum atomic E-state index is 11.8. The molecule has 0 unspecified atom stereocenters. The molecular weight excluding hydrogens is 274 g/mol. The average Bonchev–Trinajstić information content (AvgIpc) is 2.48. The summed E-state index contributed by atoms with van der Waals surface area (Å²) in [6.07, 6.45) is 1.37. The zero-order valence-corrected chi connectivity index (χ0v) is 11.7. The van der Waals surface area contributed by atoms with Crippen molar-refractivity contribution in [3.8, 4) is 18.2 Å². The minimum atomic E-state index is -1.13. The van der Waals surface area contributed by atoms with E-state index in [1.54, 1.807) is 0 Å². The highest BCUT2D eigenvalue weighted by Gasteiger charge is 2.29. The molecule has 0 spiro atoms. The second-order valence-corrected chi connectivity index (χ2v) is 4.11. The Hall–Kier alpha value is -2.59. The molecule has 0 saturated carbocycles. The molecule has 0 aliphatic heterocycles. The summed E-state index contributed by atoms with van der Waals surface area (Å²) >= 11 is 0. The SMILES string of the molecule is N#CCCCOC(=O)C(CCC#N)C(=O)OCCCC#N. The lowest BCUT2D eigenvalue weighted by molar-refractivity contribution is -0.162. The first-order valence-corrected chi connectivity index (χ1v) is 6.61. The number of hydrogen-bond acceptors (Lipinski definition) is 7. The first kappa shape index (κ1) is 18.4. The predicted molar refractivity (Wildman–Crippen MR) is 69.9 cm³/mol. The molecule has 0 aliphatic rings. The van der Waals surface area contributed by atoms with Crippen LogP contribution in [-0.4, -0.2) is 25.2 Å². The monoisotopic (exact) mass is 291 g/mol. The van der Waals surface area contributed by atoms with E-state index in [1.165, 1.54) is 0 Å². The number of nitrogens with zero attached hydrogens (tertiary/aromatic N) is 3. The second kappa shape index (κ2) is 12.4. The lowest BCUT2D eigenvalue weighted by atomic mass is 10.0. The van der Waals surface area contributed by atoms with Crippen LogP contribution in [0.25, 0.3) is 0 Å². The van der Waals surface area contributed by atoms with Crippen molar-refractivity contribution >= 4 is 11.9 Å². The van der Waals surface area contributed by atoms with Crippen LogP contribution in [0.1, 0.15) is 38.5 Å². The summed E-state index contributed by atoms with van der Waals surface area (Å²) in [7, 11) is 0. The van der Waals surface area contributed by atoms with Crippen molar-refractivity contribution in [2.75, 3.05) is 13.2 Å². The van der Waals surface area contributed by atoms with Gasteiger partial charge in [0.25, 0.3) is 0 Å². The molecule has 0 N–H and O–H groups in total. The minimum Gasteiger partial charge on any atom is -0.465 e. The number of carbonyl (C=O) groups is 2. The van der Waals surface area contributed by atoms with Crippen LogP contribution in [0.4, 0.5) is 0 Å². The van der Waals surface area contributed by atoms with Crippen LogP contribution >= 0.6 is 0 Å². The summed E-state index contributed by atoms with van der Waals surface area (Å²) in [6, 6.07) is 5.69. The Morgan fingerprint density at radius 2 is 1.24 bits per heavy atom. The third-order valence-corrected chi connectivity index (χ3v) is 2.47. The van der Waals surface area contributed by atoms with Gasteiger partial charge < -0.3 is 9.47 Å². The Kier molecular flexibility index (Phi) is 10.9. The average molecular weight is 291 g/mol. The van der Waals surface area contributed by atoms with Crippen LogP contribution in [-0.2, 0) is 19.1 Å². The number of rotatable bonds is 10. The van der Waals surface area contributed by atoms with E-state index in [4.69, 9.17) is 25.3 Å². The van der Waals surface area contributed by atoms with Crippen LogP contribution in [0.3, 0.4) is 0 Å². The molecule has 0 amide bonds. The van der Waals surface area contributed by atoms with Crippen molar-refractivity contribution in [3.63, 3.8) is 0 Å². The number of esters is 2. The fourth-order valence-corrected chi connectivity index (χ4v) is 1.39. The zero-order chi connectivity index (χ0) is 15.9. The Balaban J connectivity index is 4.32. The smallest absolute Gasteiger partial charge is 0.320 e. The first-order chi connectivity index (χ1) is 10.2. The van der Waals surface area contributed by atoms with E-state index >= 15 is 0 Å². The summed E-state index contributed by atoms with van der Waals surface area (Å²) in [6.45, 7) is 0.105. The highest BCUT2D eigenvalue weighted by atomic mass is 16.6. The van der Waals surface area contributed by atoms with Crippen molar-refractivity contribution < 1.29 is 19.1 Å². The molecule has 7 heteroatoms. The lowest BCUT2D eigenvalue weighted by Gasteiger charge is -2.13. The molecule has 0 aromatic carbocycles. The van der Waals surface area contributed by atoms with Crippen LogP contribution in [0.5, 0.6) is 0 Å². The van der Waals surface area contributed by atoms with Crippen LogP contribution < -0.4 is 0 Å². The van der Waals surface area contributed by atoms with Gasteiger partial charge in [-0.2, -0.15) is 15.8 Å². The Bertz CT molecular complexity index is 422. The predicted octanol–water partition coefficient (Wildman–Crippen LogP) is 1.60. The molecule has 0 fully saturated rings. The molecular formula is C14H17N3O4. The van der Waals surface area contributed by atoms with Gasteiger partial charge in [0.05, 0.1) is 31.4 Å². The third-order valence-electron chi connectivity index (χ3n) is 2.47. The van der Waals surface area contributed by atoms with E-state index in [0.29, 0.717) is 12.8 Å². The lowest BCUT2D eigenvalue weighted by Crippen LogP contribution is -2.28. The Morgan fingerprint density at radius 3 is 1.62 bits per heavy atom. The molecule has 0 bridgehead atoms. The fraction of sp³-hybridized carbons (Fsp3) is 0.643. The van der Waals surface area contributed by atoms with Gasteiger partial charge in [-0.1, -0.05) is 0 Å². The van der Waals surface area contributed by atoms with Crippen molar-refractivity contribution in [1.82, 2.24) is 0 Å². The van der Waals surface area contributed by atoms with Crippen molar-refractivity contribution in [3.05, 3.63) is 0 Å². The minimum absolute atomic E-state index is 0.0324. The van der Waals surface area contributed by atoms with E-state index in [-0.39, 0.29) is 38.9 Å². The molecule has 0 radical (unpaired) electrons.